The fraction of sp³-hybridized carbons (Fsp3) is 0.571. The van der Waals surface area contributed by atoms with Crippen LogP contribution in [0.4, 0.5) is 5.69 Å². The Bertz CT molecular complexity index is 361. The number of ether oxygens (including phenoxy) is 1. The molecule has 1 aromatic rings. The van der Waals surface area contributed by atoms with Crippen molar-refractivity contribution < 1.29 is 4.74 Å². The van der Waals surface area contributed by atoms with Gasteiger partial charge in [-0.1, -0.05) is 12.1 Å². The van der Waals surface area contributed by atoms with Gasteiger partial charge in [-0.25, -0.2) is 0 Å². The summed E-state index contributed by atoms with van der Waals surface area (Å²) in [5.74, 6) is 0.954. The Kier molecular flexibility index (Phi) is 3.89. The topological polar surface area (TPSA) is 33.3 Å². The zero-order valence-corrected chi connectivity index (χ0v) is 10.8. The summed E-state index contributed by atoms with van der Waals surface area (Å²) in [7, 11) is 2.02. The minimum atomic E-state index is 0.466. The normalized spacial score (nSPS) is 16.6. The number of anilines is 1. The van der Waals surface area contributed by atoms with Gasteiger partial charge in [0.1, 0.15) is 5.75 Å². The van der Waals surface area contributed by atoms with Crippen LogP contribution in [-0.2, 0) is 0 Å². The first-order chi connectivity index (χ1) is 8.29. The standard InChI is InChI=1S/C14H22N2O/c1-3-17-13-7-5-4-6-12(13)16-11-14(8-9-14)10-15-2/h4-7,15-16H,3,8-11H2,1-2H3. The van der Waals surface area contributed by atoms with E-state index in [0.717, 1.165) is 24.5 Å². The average Bonchev–Trinajstić information content (AvgIpc) is 3.09. The van der Waals surface area contributed by atoms with Crippen LogP contribution in [0.5, 0.6) is 5.75 Å². The molecule has 0 saturated heterocycles. The number of nitrogens with one attached hydrogen (secondary N) is 2. The molecule has 2 rings (SSSR count). The Hall–Kier alpha value is -1.22. The van der Waals surface area contributed by atoms with Crippen LogP contribution in [0.2, 0.25) is 0 Å². The lowest BCUT2D eigenvalue weighted by Crippen LogP contribution is -2.26. The van der Waals surface area contributed by atoms with Crippen molar-refractivity contribution in [1.29, 1.82) is 0 Å². The summed E-state index contributed by atoms with van der Waals surface area (Å²) < 4.78 is 5.60. The van der Waals surface area contributed by atoms with E-state index < -0.39 is 0 Å². The number of para-hydroxylation sites is 2. The molecular weight excluding hydrogens is 212 g/mol. The van der Waals surface area contributed by atoms with E-state index >= 15 is 0 Å². The molecule has 1 fully saturated rings. The smallest absolute Gasteiger partial charge is 0.142 e. The van der Waals surface area contributed by atoms with Crippen molar-refractivity contribution in [3.05, 3.63) is 24.3 Å². The van der Waals surface area contributed by atoms with Crippen molar-refractivity contribution in [3.63, 3.8) is 0 Å². The molecule has 1 aromatic carbocycles. The van der Waals surface area contributed by atoms with Gasteiger partial charge in [-0.15, -0.1) is 0 Å². The molecule has 0 aromatic heterocycles. The number of hydrogen-bond acceptors (Lipinski definition) is 3. The van der Waals surface area contributed by atoms with Crippen molar-refractivity contribution in [1.82, 2.24) is 5.32 Å². The second-order valence-electron chi connectivity index (χ2n) is 4.81. The molecule has 3 heteroatoms. The summed E-state index contributed by atoms with van der Waals surface area (Å²) in [5.41, 5.74) is 1.57. The van der Waals surface area contributed by atoms with Crippen LogP contribution in [-0.4, -0.2) is 26.7 Å². The highest BCUT2D eigenvalue weighted by Gasteiger charge is 2.41. The Labute approximate surface area is 104 Å². The fourth-order valence-electron chi connectivity index (χ4n) is 2.14. The monoisotopic (exact) mass is 234 g/mol. The summed E-state index contributed by atoms with van der Waals surface area (Å²) in [6, 6.07) is 8.16. The van der Waals surface area contributed by atoms with E-state index in [9.17, 15) is 0 Å². The highest BCUT2D eigenvalue weighted by atomic mass is 16.5. The maximum atomic E-state index is 5.60. The molecule has 17 heavy (non-hydrogen) atoms. The maximum absolute atomic E-state index is 5.60. The summed E-state index contributed by atoms with van der Waals surface area (Å²) in [4.78, 5) is 0. The first-order valence-electron chi connectivity index (χ1n) is 6.40. The lowest BCUT2D eigenvalue weighted by molar-refractivity contribution is 0.341. The molecule has 0 bridgehead atoms. The zero-order valence-electron chi connectivity index (χ0n) is 10.8. The largest absolute Gasteiger partial charge is 0.492 e. The van der Waals surface area contributed by atoms with Crippen LogP contribution in [0, 0.1) is 5.41 Å². The first kappa shape index (κ1) is 12.2. The van der Waals surface area contributed by atoms with Gasteiger partial charge in [0.25, 0.3) is 0 Å². The van der Waals surface area contributed by atoms with Crippen LogP contribution in [0.15, 0.2) is 24.3 Å². The molecule has 1 aliphatic carbocycles. The lowest BCUT2D eigenvalue weighted by atomic mass is 10.1. The van der Waals surface area contributed by atoms with Gasteiger partial charge in [-0.05, 0) is 38.9 Å². The minimum absolute atomic E-state index is 0.466. The minimum Gasteiger partial charge on any atom is -0.492 e. The predicted octanol–water partition coefficient (Wildman–Crippen LogP) is 2.50. The van der Waals surface area contributed by atoms with Crippen LogP contribution < -0.4 is 15.4 Å². The average molecular weight is 234 g/mol. The third-order valence-electron chi connectivity index (χ3n) is 3.35. The van der Waals surface area contributed by atoms with E-state index in [2.05, 4.69) is 16.7 Å². The van der Waals surface area contributed by atoms with Crippen LogP contribution in [0.3, 0.4) is 0 Å². The Morgan fingerprint density at radius 3 is 2.65 bits per heavy atom. The van der Waals surface area contributed by atoms with Crippen molar-refractivity contribution in [2.24, 2.45) is 5.41 Å². The van der Waals surface area contributed by atoms with Crippen LogP contribution >= 0.6 is 0 Å². The summed E-state index contributed by atoms with van der Waals surface area (Å²) in [6.07, 6.45) is 2.63. The van der Waals surface area contributed by atoms with E-state index in [-0.39, 0.29) is 0 Å². The number of hydrogen-bond donors (Lipinski definition) is 2. The predicted molar refractivity (Wildman–Crippen MR) is 71.7 cm³/mol. The molecule has 1 saturated carbocycles. The molecular formula is C14H22N2O. The first-order valence-corrected chi connectivity index (χ1v) is 6.40. The van der Waals surface area contributed by atoms with E-state index in [1.807, 2.05) is 32.2 Å². The summed E-state index contributed by atoms with van der Waals surface area (Å²) in [5, 5.41) is 6.80. The molecule has 0 aliphatic heterocycles. The lowest BCUT2D eigenvalue weighted by Gasteiger charge is -2.18. The highest BCUT2D eigenvalue weighted by molar-refractivity contribution is 5.56. The van der Waals surface area contributed by atoms with Gasteiger partial charge in [-0.2, -0.15) is 0 Å². The number of benzene rings is 1. The van der Waals surface area contributed by atoms with E-state index in [4.69, 9.17) is 4.74 Å². The van der Waals surface area contributed by atoms with Gasteiger partial charge in [-0.3, -0.25) is 0 Å². The van der Waals surface area contributed by atoms with Crippen LogP contribution in [0.1, 0.15) is 19.8 Å². The van der Waals surface area contributed by atoms with Crippen LogP contribution in [0.25, 0.3) is 0 Å². The molecule has 94 valence electrons. The van der Waals surface area contributed by atoms with E-state index in [1.165, 1.54) is 12.8 Å². The molecule has 0 amide bonds. The summed E-state index contributed by atoms with van der Waals surface area (Å²) in [6.45, 7) is 4.84. The van der Waals surface area contributed by atoms with Gasteiger partial charge in [0.15, 0.2) is 0 Å². The second-order valence-corrected chi connectivity index (χ2v) is 4.81. The van der Waals surface area contributed by atoms with E-state index in [1.54, 1.807) is 0 Å². The van der Waals surface area contributed by atoms with Crippen molar-refractivity contribution in [2.75, 3.05) is 32.1 Å². The molecule has 1 aliphatic rings. The van der Waals surface area contributed by atoms with Gasteiger partial charge in [0.2, 0.25) is 0 Å². The SMILES string of the molecule is CCOc1ccccc1NCC1(CNC)CC1. The highest BCUT2D eigenvalue weighted by Crippen LogP contribution is 2.45. The van der Waals surface area contributed by atoms with Gasteiger partial charge in [0, 0.05) is 18.5 Å². The molecule has 0 radical (unpaired) electrons. The fourth-order valence-corrected chi connectivity index (χ4v) is 2.14. The van der Waals surface area contributed by atoms with E-state index in [0.29, 0.717) is 12.0 Å². The number of rotatable bonds is 7. The third kappa shape index (κ3) is 3.13. The molecule has 0 atom stereocenters. The van der Waals surface area contributed by atoms with Crippen molar-refractivity contribution >= 4 is 5.69 Å². The van der Waals surface area contributed by atoms with Gasteiger partial charge in [0.05, 0.1) is 12.3 Å². The van der Waals surface area contributed by atoms with Crippen molar-refractivity contribution in [3.8, 4) is 5.75 Å². The third-order valence-corrected chi connectivity index (χ3v) is 3.35. The maximum Gasteiger partial charge on any atom is 0.142 e. The molecule has 3 nitrogen and oxygen atoms in total. The van der Waals surface area contributed by atoms with Crippen molar-refractivity contribution in [2.45, 2.75) is 19.8 Å². The molecule has 0 unspecified atom stereocenters. The second kappa shape index (κ2) is 5.41. The Morgan fingerprint density at radius 2 is 2.00 bits per heavy atom. The Morgan fingerprint density at radius 1 is 1.24 bits per heavy atom. The molecule has 0 spiro atoms. The summed E-state index contributed by atoms with van der Waals surface area (Å²) >= 11 is 0. The van der Waals surface area contributed by atoms with Gasteiger partial charge >= 0.3 is 0 Å². The van der Waals surface area contributed by atoms with Gasteiger partial charge < -0.3 is 15.4 Å². The molecule has 2 N–H and O–H groups in total. The Balaban J connectivity index is 1.94. The zero-order chi connectivity index (χ0) is 12.1. The molecule has 0 heterocycles. The quantitative estimate of drug-likeness (QED) is 0.760.